The highest BCUT2D eigenvalue weighted by molar-refractivity contribution is 7.09. The fourth-order valence-electron chi connectivity index (χ4n) is 2.69. The van der Waals surface area contributed by atoms with Crippen molar-refractivity contribution in [1.82, 2.24) is 19.8 Å². The van der Waals surface area contributed by atoms with Crippen molar-refractivity contribution in [3.05, 3.63) is 62.3 Å². The van der Waals surface area contributed by atoms with Crippen molar-refractivity contribution >= 4 is 45.7 Å². The maximum absolute atomic E-state index is 12.6. The largest absolute Gasteiger partial charge is 0.350 e. The Morgan fingerprint density at radius 1 is 1.32 bits per heavy atom. The molecule has 9 heteroatoms. The summed E-state index contributed by atoms with van der Waals surface area (Å²) in [5.74, 6) is -0.585. The van der Waals surface area contributed by atoms with Gasteiger partial charge in [0.05, 0.1) is 30.3 Å². The lowest BCUT2D eigenvalue weighted by Gasteiger charge is -2.20. The minimum absolute atomic E-state index is 0.0672. The number of likely N-dealkylation sites (N-methyl/N-ethyl adjacent to an activating group) is 1. The first-order valence-corrected chi connectivity index (χ1v) is 9.95. The monoisotopic (exact) mass is 418 g/mol. The molecule has 2 amide bonds. The van der Waals surface area contributed by atoms with Crippen molar-refractivity contribution < 1.29 is 9.59 Å². The molecular formula is C19H19ClN4O3S. The molecule has 0 aliphatic rings. The lowest BCUT2D eigenvalue weighted by Crippen LogP contribution is -2.42. The summed E-state index contributed by atoms with van der Waals surface area (Å²) in [5, 5.41) is 5.50. The number of rotatable bonds is 7. The predicted molar refractivity (Wildman–Crippen MR) is 109 cm³/mol. The number of nitrogens with one attached hydrogen (secondary N) is 1. The molecule has 0 atom stereocenters. The van der Waals surface area contributed by atoms with E-state index in [1.54, 1.807) is 30.4 Å². The first kappa shape index (κ1) is 20.0. The number of amides is 2. The van der Waals surface area contributed by atoms with Crippen LogP contribution in [0.2, 0.25) is 5.02 Å². The second-order valence-electron chi connectivity index (χ2n) is 6.10. The number of carbonyl (C=O) groups excluding carboxylic acids is 2. The first-order valence-electron chi connectivity index (χ1n) is 8.69. The van der Waals surface area contributed by atoms with Gasteiger partial charge in [0.15, 0.2) is 0 Å². The van der Waals surface area contributed by atoms with Gasteiger partial charge in [-0.3, -0.25) is 19.0 Å². The smallest absolute Gasteiger partial charge is 0.261 e. The Morgan fingerprint density at radius 2 is 2.14 bits per heavy atom. The molecule has 1 aromatic carbocycles. The number of thiophene rings is 1. The van der Waals surface area contributed by atoms with Crippen LogP contribution in [0.4, 0.5) is 0 Å². The molecule has 0 aliphatic heterocycles. The molecule has 2 aromatic heterocycles. The molecule has 146 valence electrons. The molecule has 2 heterocycles. The summed E-state index contributed by atoms with van der Waals surface area (Å²) in [6, 6.07) is 8.68. The number of carbonyl (C=O) groups is 2. The lowest BCUT2D eigenvalue weighted by molar-refractivity contribution is -0.136. The number of halogens is 1. The van der Waals surface area contributed by atoms with Gasteiger partial charge in [-0.2, -0.15) is 0 Å². The topological polar surface area (TPSA) is 84.3 Å². The molecule has 7 nitrogen and oxygen atoms in total. The van der Waals surface area contributed by atoms with Crippen molar-refractivity contribution in [3.8, 4) is 0 Å². The van der Waals surface area contributed by atoms with E-state index >= 15 is 0 Å². The number of aromatic nitrogens is 2. The van der Waals surface area contributed by atoms with E-state index in [0.717, 1.165) is 4.88 Å². The predicted octanol–water partition coefficient (Wildman–Crippen LogP) is 2.28. The number of fused-ring (bicyclic) bond motifs is 1. The molecule has 3 rings (SSSR count). The van der Waals surface area contributed by atoms with Gasteiger partial charge in [0, 0.05) is 16.4 Å². The van der Waals surface area contributed by atoms with E-state index in [1.807, 2.05) is 17.5 Å². The van der Waals surface area contributed by atoms with Crippen molar-refractivity contribution in [2.24, 2.45) is 0 Å². The van der Waals surface area contributed by atoms with Gasteiger partial charge in [-0.25, -0.2) is 4.98 Å². The fraction of sp³-hybridized carbons (Fsp3) is 0.263. The van der Waals surface area contributed by atoms with E-state index in [9.17, 15) is 14.4 Å². The average Bonchev–Trinajstić information content (AvgIpc) is 3.20. The molecule has 3 aromatic rings. The first-order chi connectivity index (χ1) is 13.5. The molecule has 0 unspecified atom stereocenters. The van der Waals surface area contributed by atoms with Crippen LogP contribution in [0.1, 0.15) is 11.8 Å². The number of hydrogen-bond donors (Lipinski definition) is 1. The van der Waals surface area contributed by atoms with E-state index in [1.165, 1.54) is 21.9 Å². The second-order valence-corrected chi connectivity index (χ2v) is 7.57. The maximum atomic E-state index is 12.6. The third-order valence-corrected chi connectivity index (χ3v) is 5.31. The SMILES string of the molecule is CCN(CC(=O)NCc1cccs1)C(=O)Cn1cnc2ccc(Cl)cc2c1=O. The van der Waals surface area contributed by atoms with Gasteiger partial charge < -0.3 is 10.2 Å². The summed E-state index contributed by atoms with van der Waals surface area (Å²) < 4.78 is 1.23. The van der Waals surface area contributed by atoms with Gasteiger partial charge in [-0.05, 0) is 36.6 Å². The molecular weight excluding hydrogens is 400 g/mol. The second kappa shape index (κ2) is 8.99. The molecule has 0 saturated carbocycles. The standard InChI is InChI=1S/C19H19ClN4O3S/c1-2-23(10-17(25)21-9-14-4-3-7-28-14)18(26)11-24-12-22-16-6-5-13(20)8-15(16)19(24)27/h3-8,12H,2,9-11H2,1H3,(H,21,25). The van der Waals surface area contributed by atoms with Crippen LogP contribution in [0.5, 0.6) is 0 Å². The van der Waals surface area contributed by atoms with Crippen molar-refractivity contribution in [3.63, 3.8) is 0 Å². The van der Waals surface area contributed by atoms with Gasteiger partial charge in [-0.15, -0.1) is 11.3 Å². The third-order valence-electron chi connectivity index (χ3n) is 4.20. The van der Waals surface area contributed by atoms with Crippen LogP contribution in [-0.2, 0) is 22.7 Å². The lowest BCUT2D eigenvalue weighted by atomic mass is 10.2. The van der Waals surface area contributed by atoms with Crippen LogP contribution >= 0.6 is 22.9 Å². The summed E-state index contributed by atoms with van der Waals surface area (Å²) in [6.07, 6.45) is 1.33. The zero-order valence-electron chi connectivity index (χ0n) is 15.2. The van der Waals surface area contributed by atoms with Crippen LogP contribution in [0.15, 0.2) is 46.8 Å². The fourth-order valence-corrected chi connectivity index (χ4v) is 3.51. The number of benzene rings is 1. The summed E-state index contributed by atoms with van der Waals surface area (Å²) in [7, 11) is 0. The molecule has 0 bridgehead atoms. The molecule has 28 heavy (non-hydrogen) atoms. The third kappa shape index (κ3) is 4.76. The van der Waals surface area contributed by atoms with Crippen molar-refractivity contribution in [1.29, 1.82) is 0 Å². The van der Waals surface area contributed by atoms with E-state index in [-0.39, 0.29) is 30.5 Å². The zero-order valence-corrected chi connectivity index (χ0v) is 16.8. The average molecular weight is 419 g/mol. The molecule has 0 fully saturated rings. The Bertz CT molecular complexity index is 1050. The maximum Gasteiger partial charge on any atom is 0.261 e. The molecule has 0 radical (unpaired) electrons. The van der Waals surface area contributed by atoms with E-state index < -0.39 is 0 Å². The van der Waals surface area contributed by atoms with Gasteiger partial charge in [0.1, 0.15) is 6.54 Å². The Balaban J connectivity index is 1.66. The van der Waals surface area contributed by atoms with E-state index in [4.69, 9.17) is 11.6 Å². The molecule has 1 N–H and O–H groups in total. The number of nitrogens with zero attached hydrogens (tertiary/aromatic N) is 3. The summed E-state index contributed by atoms with van der Waals surface area (Å²) in [4.78, 5) is 44.0. The summed E-state index contributed by atoms with van der Waals surface area (Å²) >= 11 is 7.50. The summed E-state index contributed by atoms with van der Waals surface area (Å²) in [6.45, 7) is 2.30. The zero-order chi connectivity index (χ0) is 20.1. The minimum atomic E-state index is -0.348. The van der Waals surface area contributed by atoms with Gasteiger partial charge in [0.2, 0.25) is 11.8 Å². The summed E-state index contributed by atoms with van der Waals surface area (Å²) in [5.41, 5.74) is 0.164. The van der Waals surface area contributed by atoms with E-state index in [0.29, 0.717) is 29.0 Å². The molecule has 0 aliphatic carbocycles. The highest BCUT2D eigenvalue weighted by atomic mass is 35.5. The van der Waals surface area contributed by atoms with Crippen LogP contribution < -0.4 is 10.9 Å². The Kier molecular flexibility index (Phi) is 6.43. The molecule has 0 spiro atoms. The van der Waals surface area contributed by atoms with Gasteiger partial charge in [-0.1, -0.05) is 17.7 Å². The van der Waals surface area contributed by atoms with E-state index in [2.05, 4.69) is 10.3 Å². The number of hydrogen-bond acceptors (Lipinski definition) is 5. The molecule has 0 saturated heterocycles. The Labute approximate surface area is 170 Å². The van der Waals surface area contributed by atoms with Crippen LogP contribution in [0, 0.1) is 0 Å². The van der Waals surface area contributed by atoms with Crippen molar-refractivity contribution in [2.45, 2.75) is 20.0 Å². The van der Waals surface area contributed by atoms with Crippen LogP contribution in [0.25, 0.3) is 10.9 Å². The highest BCUT2D eigenvalue weighted by Crippen LogP contribution is 2.14. The van der Waals surface area contributed by atoms with Crippen LogP contribution in [-0.4, -0.2) is 39.4 Å². The normalized spacial score (nSPS) is 10.8. The van der Waals surface area contributed by atoms with Crippen molar-refractivity contribution in [2.75, 3.05) is 13.1 Å². The highest BCUT2D eigenvalue weighted by Gasteiger charge is 2.17. The van der Waals surface area contributed by atoms with Gasteiger partial charge >= 0.3 is 0 Å². The van der Waals surface area contributed by atoms with Crippen LogP contribution in [0.3, 0.4) is 0 Å². The quantitative estimate of drug-likeness (QED) is 0.638. The minimum Gasteiger partial charge on any atom is -0.350 e. The Hall–Kier alpha value is -2.71. The van der Waals surface area contributed by atoms with Gasteiger partial charge in [0.25, 0.3) is 5.56 Å². The Morgan fingerprint density at radius 3 is 2.86 bits per heavy atom.